The van der Waals surface area contributed by atoms with Crippen LogP contribution in [0.4, 0.5) is 0 Å². The van der Waals surface area contributed by atoms with Crippen molar-refractivity contribution in [3.05, 3.63) is 30.4 Å². The summed E-state index contributed by atoms with van der Waals surface area (Å²) >= 11 is 0. The minimum Gasteiger partial charge on any atom is -0.346 e. The van der Waals surface area contributed by atoms with E-state index < -0.39 is 0 Å². The Hall–Kier alpha value is -2.21. The lowest BCUT2D eigenvalue weighted by Gasteiger charge is -2.44. The smallest absolute Gasteiger partial charge is 0.234 e. The molecule has 2 saturated heterocycles. The fourth-order valence-electron chi connectivity index (χ4n) is 4.25. The van der Waals surface area contributed by atoms with E-state index in [1.54, 1.807) is 6.20 Å². The molecular weight excluding hydrogens is 290 g/mol. The third-order valence-corrected chi connectivity index (χ3v) is 5.37. The van der Waals surface area contributed by atoms with E-state index >= 15 is 0 Å². The fourth-order valence-corrected chi connectivity index (χ4v) is 4.25. The van der Waals surface area contributed by atoms with Crippen molar-refractivity contribution in [1.29, 1.82) is 0 Å². The van der Waals surface area contributed by atoms with E-state index in [0.29, 0.717) is 5.82 Å². The van der Waals surface area contributed by atoms with Gasteiger partial charge in [-0.05, 0) is 50.9 Å². The van der Waals surface area contributed by atoms with Crippen molar-refractivity contribution in [2.24, 2.45) is 0 Å². The molecule has 6 nitrogen and oxygen atoms in total. The highest BCUT2D eigenvalue weighted by Crippen LogP contribution is 2.41. The van der Waals surface area contributed by atoms with Crippen LogP contribution in [0, 0.1) is 0 Å². The van der Waals surface area contributed by atoms with Crippen molar-refractivity contribution in [2.45, 2.75) is 31.1 Å². The maximum absolute atomic E-state index is 5.74. The quantitative estimate of drug-likeness (QED) is 0.788. The number of nitrogens with zero attached hydrogens (tertiary/aromatic N) is 4. The van der Waals surface area contributed by atoms with Crippen LogP contribution in [-0.2, 0) is 5.41 Å². The number of H-pyrrole nitrogens is 1. The van der Waals surface area contributed by atoms with Gasteiger partial charge in [-0.2, -0.15) is 4.98 Å². The number of nitrogens with one attached hydrogen (secondary N) is 1. The predicted octanol–water partition coefficient (Wildman–Crippen LogP) is 2.74. The second kappa shape index (κ2) is 4.89. The highest BCUT2D eigenvalue weighted by molar-refractivity contribution is 5.90. The van der Waals surface area contributed by atoms with Gasteiger partial charge in [-0.25, -0.2) is 4.98 Å². The van der Waals surface area contributed by atoms with Crippen LogP contribution in [0.5, 0.6) is 0 Å². The van der Waals surface area contributed by atoms with Crippen LogP contribution in [0.1, 0.15) is 31.6 Å². The average Bonchev–Trinajstić information content (AvgIpc) is 3.24. The molecule has 0 spiro atoms. The molecule has 6 heteroatoms. The van der Waals surface area contributed by atoms with Crippen molar-refractivity contribution in [3.63, 3.8) is 0 Å². The molecule has 0 radical (unpaired) electrons. The summed E-state index contributed by atoms with van der Waals surface area (Å²) in [4.78, 5) is 14.8. The van der Waals surface area contributed by atoms with Crippen molar-refractivity contribution in [2.75, 3.05) is 19.6 Å². The maximum atomic E-state index is 5.74. The number of hydrogen-bond donors (Lipinski definition) is 1. The molecule has 0 aliphatic carbocycles. The van der Waals surface area contributed by atoms with Gasteiger partial charge in [-0.1, -0.05) is 5.16 Å². The molecule has 0 atom stereocenters. The van der Waals surface area contributed by atoms with E-state index in [1.165, 1.54) is 25.9 Å². The average molecular weight is 309 g/mol. The largest absolute Gasteiger partial charge is 0.346 e. The van der Waals surface area contributed by atoms with Gasteiger partial charge in [-0.3, -0.25) is 0 Å². The molecule has 2 bridgehead atoms. The zero-order valence-electron chi connectivity index (χ0n) is 13.0. The fraction of sp³-hybridized carbons (Fsp3) is 0.471. The number of aromatic nitrogens is 4. The Bertz CT molecular complexity index is 841. The molecule has 2 fully saturated rings. The molecular formula is C17H19N5O. The first-order valence-electron chi connectivity index (χ1n) is 8.33. The first-order chi connectivity index (χ1) is 11.3. The Morgan fingerprint density at radius 2 is 2.04 bits per heavy atom. The van der Waals surface area contributed by atoms with Gasteiger partial charge in [0.15, 0.2) is 0 Å². The van der Waals surface area contributed by atoms with E-state index in [-0.39, 0.29) is 5.41 Å². The van der Waals surface area contributed by atoms with Crippen LogP contribution >= 0.6 is 0 Å². The lowest BCUT2D eigenvalue weighted by Crippen LogP contribution is -2.50. The lowest BCUT2D eigenvalue weighted by atomic mass is 9.73. The summed E-state index contributed by atoms with van der Waals surface area (Å²) in [6.07, 6.45) is 8.42. The molecule has 0 unspecified atom stereocenters. The second-order valence-electron chi connectivity index (χ2n) is 6.79. The normalized spacial score (nSPS) is 27.4. The van der Waals surface area contributed by atoms with Crippen LogP contribution in [0.2, 0.25) is 0 Å². The van der Waals surface area contributed by atoms with Crippen LogP contribution in [-0.4, -0.2) is 44.6 Å². The molecule has 3 aromatic heterocycles. The van der Waals surface area contributed by atoms with Gasteiger partial charge in [0, 0.05) is 29.9 Å². The monoisotopic (exact) mass is 309 g/mol. The minimum absolute atomic E-state index is 0.0615. The van der Waals surface area contributed by atoms with Gasteiger partial charge < -0.3 is 14.4 Å². The molecule has 23 heavy (non-hydrogen) atoms. The lowest BCUT2D eigenvalue weighted by molar-refractivity contribution is 0.0711. The van der Waals surface area contributed by atoms with E-state index in [0.717, 1.165) is 41.9 Å². The summed E-state index contributed by atoms with van der Waals surface area (Å²) in [7, 11) is 0. The molecule has 0 saturated carbocycles. The Morgan fingerprint density at radius 3 is 2.91 bits per heavy atom. The van der Waals surface area contributed by atoms with Gasteiger partial charge in [0.25, 0.3) is 0 Å². The highest BCUT2D eigenvalue weighted by Gasteiger charge is 2.44. The topological polar surface area (TPSA) is 70.8 Å². The molecule has 118 valence electrons. The van der Waals surface area contributed by atoms with Crippen molar-refractivity contribution in [3.8, 4) is 11.4 Å². The van der Waals surface area contributed by atoms with Crippen molar-refractivity contribution < 1.29 is 4.52 Å². The predicted molar refractivity (Wildman–Crippen MR) is 86.0 cm³/mol. The summed E-state index contributed by atoms with van der Waals surface area (Å²) in [6, 6.07) is 3.96. The van der Waals surface area contributed by atoms with Crippen LogP contribution in [0.25, 0.3) is 22.4 Å². The summed E-state index contributed by atoms with van der Waals surface area (Å²) in [5, 5.41) is 5.32. The minimum atomic E-state index is 0.0615. The number of fused-ring (bicyclic) bond motifs is 3. The van der Waals surface area contributed by atoms with Crippen LogP contribution in [0.3, 0.4) is 0 Å². The Morgan fingerprint density at radius 1 is 1.17 bits per heavy atom. The number of pyridine rings is 1. The first kappa shape index (κ1) is 13.2. The van der Waals surface area contributed by atoms with Crippen molar-refractivity contribution >= 4 is 11.0 Å². The zero-order chi connectivity index (χ0) is 15.3. The molecule has 3 aromatic rings. The third-order valence-electron chi connectivity index (χ3n) is 5.37. The summed E-state index contributed by atoms with van der Waals surface area (Å²) in [5.41, 5.74) is 1.89. The molecule has 5 heterocycles. The number of hydrogen-bond acceptors (Lipinski definition) is 5. The van der Waals surface area contributed by atoms with Crippen LogP contribution in [0.15, 0.2) is 29.0 Å². The van der Waals surface area contributed by atoms with Crippen molar-refractivity contribution in [1.82, 2.24) is 25.0 Å². The van der Waals surface area contributed by atoms with Gasteiger partial charge in [0.1, 0.15) is 5.65 Å². The number of piperidine rings is 2. The molecule has 1 N–H and O–H groups in total. The molecule has 2 aliphatic heterocycles. The molecule has 5 rings (SSSR count). The number of aromatic amines is 1. The third kappa shape index (κ3) is 2.01. The summed E-state index contributed by atoms with van der Waals surface area (Å²) < 4.78 is 5.74. The van der Waals surface area contributed by atoms with E-state index in [4.69, 9.17) is 9.51 Å². The summed E-state index contributed by atoms with van der Waals surface area (Å²) in [5.74, 6) is 1.49. The maximum Gasteiger partial charge on any atom is 0.234 e. The van der Waals surface area contributed by atoms with E-state index in [9.17, 15) is 0 Å². The second-order valence-corrected chi connectivity index (χ2v) is 6.79. The Balaban J connectivity index is 1.57. The van der Waals surface area contributed by atoms with Gasteiger partial charge in [0.2, 0.25) is 11.7 Å². The summed E-state index contributed by atoms with van der Waals surface area (Å²) in [6.45, 7) is 3.47. The van der Waals surface area contributed by atoms with E-state index in [1.807, 2.05) is 18.3 Å². The number of rotatable bonds is 2. The van der Waals surface area contributed by atoms with Gasteiger partial charge in [-0.15, -0.1) is 0 Å². The van der Waals surface area contributed by atoms with Gasteiger partial charge in [0.05, 0.1) is 5.41 Å². The highest BCUT2D eigenvalue weighted by atomic mass is 16.5. The van der Waals surface area contributed by atoms with Gasteiger partial charge >= 0.3 is 0 Å². The van der Waals surface area contributed by atoms with Crippen LogP contribution < -0.4 is 0 Å². The first-order valence-corrected chi connectivity index (χ1v) is 8.33. The molecule has 2 aliphatic rings. The molecule has 0 aromatic carbocycles. The zero-order valence-corrected chi connectivity index (χ0v) is 13.0. The Kier molecular flexibility index (Phi) is 2.82. The SMILES string of the molecule is c1cc(-c2noc(C34CCCN(CCC3)C4)n2)c2cc[nH]c2n1. The Labute approximate surface area is 133 Å². The van der Waals surface area contributed by atoms with E-state index in [2.05, 4.69) is 20.0 Å². The molecule has 0 amide bonds. The standard InChI is InChI=1S/C17H19N5O/c1-5-17(6-2-10-22(9-1)11-17)16-20-15(21-23-16)13-4-8-19-14-12(13)3-7-18-14/h3-4,7-8H,1-2,5-6,9-11H2,(H,18,19).